The molecule has 0 atom stereocenters. The van der Waals surface area contributed by atoms with E-state index in [1.165, 1.54) is 4.90 Å². The zero-order valence-electron chi connectivity index (χ0n) is 16.8. The SMILES string of the molecule is COc1cccc(C(=O)NC2CC[NH+](CC(=O)Nc3cccc(Cl)c3C)CC2)c1. The highest BCUT2D eigenvalue weighted by Crippen LogP contribution is 2.22. The standard InChI is InChI=1S/C22H26ClN3O3/c1-15-19(23)7-4-8-20(15)25-21(27)14-26-11-9-17(10-12-26)24-22(28)16-5-3-6-18(13-16)29-2/h3-8,13,17H,9-12,14H2,1-2H3,(H,24,28)(H,25,27)/p+1. The number of nitrogens with one attached hydrogen (secondary N) is 3. The highest BCUT2D eigenvalue weighted by Gasteiger charge is 2.25. The maximum Gasteiger partial charge on any atom is 0.279 e. The summed E-state index contributed by atoms with van der Waals surface area (Å²) in [5.41, 5.74) is 2.22. The number of ether oxygens (including phenoxy) is 1. The average molecular weight is 417 g/mol. The molecule has 0 saturated carbocycles. The number of carbonyl (C=O) groups is 2. The molecule has 2 aromatic rings. The summed E-state index contributed by atoms with van der Waals surface area (Å²) in [4.78, 5) is 26.1. The summed E-state index contributed by atoms with van der Waals surface area (Å²) in [6.07, 6.45) is 1.68. The molecular weight excluding hydrogens is 390 g/mol. The smallest absolute Gasteiger partial charge is 0.279 e. The van der Waals surface area contributed by atoms with Gasteiger partial charge in [0.05, 0.1) is 20.2 Å². The predicted molar refractivity (Wildman–Crippen MR) is 114 cm³/mol. The summed E-state index contributed by atoms with van der Waals surface area (Å²) in [6, 6.07) is 12.7. The second-order valence-electron chi connectivity index (χ2n) is 7.37. The summed E-state index contributed by atoms with van der Waals surface area (Å²) in [6.45, 7) is 3.97. The molecule has 7 heteroatoms. The molecule has 0 aliphatic carbocycles. The fourth-order valence-corrected chi connectivity index (χ4v) is 3.72. The minimum Gasteiger partial charge on any atom is -0.497 e. The van der Waals surface area contributed by atoms with Crippen LogP contribution < -0.4 is 20.3 Å². The number of hydrogen-bond acceptors (Lipinski definition) is 3. The molecule has 1 saturated heterocycles. The van der Waals surface area contributed by atoms with Gasteiger partial charge >= 0.3 is 0 Å². The third kappa shape index (κ3) is 5.71. The van der Waals surface area contributed by atoms with Crippen molar-refractivity contribution < 1.29 is 19.2 Å². The molecule has 0 unspecified atom stereocenters. The van der Waals surface area contributed by atoms with Gasteiger partial charge in [0.2, 0.25) is 0 Å². The van der Waals surface area contributed by atoms with Gasteiger partial charge in [-0.3, -0.25) is 9.59 Å². The van der Waals surface area contributed by atoms with Crippen molar-refractivity contribution in [2.24, 2.45) is 0 Å². The highest BCUT2D eigenvalue weighted by molar-refractivity contribution is 6.31. The minimum atomic E-state index is -0.0912. The molecule has 1 fully saturated rings. The maximum atomic E-state index is 12.5. The number of halogens is 1. The molecule has 29 heavy (non-hydrogen) atoms. The normalized spacial score (nSPS) is 18.7. The molecule has 1 aliphatic rings. The first kappa shape index (κ1) is 21.1. The van der Waals surface area contributed by atoms with Crippen molar-refractivity contribution in [2.45, 2.75) is 25.8 Å². The molecular formula is C22H27ClN3O3+. The van der Waals surface area contributed by atoms with E-state index in [2.05, 4.69) is 10.6 Å². The molecule has 2 aromatic carbocycles. The summed E-state index contributed by atoms with van der Waals surface area (Å²) in [5, 5.41) is 6.68. The molecule has 2 amide bonds. The van der Waals surface area contributed by atoms with Gasteiger partial charge in [-0.05, 0) is 42.8 Å². The summed E-state index contributed by atoms with van der Waals surface area (Å²) in [7, 11) is 1.58. The molecule has 1 aliphatic heterocycles. The summed E-state index contributed by atoms with van der Waals surface area (Å²) >= 11 is 6.11. The fourth-order valence-electron chi connectivity index (χ4n) is 3.54. The summed E-state index contributed by atoms with van der Waals surface area (Å²) in [5.74, 6) is 0.550. The lowest BCUT2D eigenvalue weighted by molar-refractivity contribution is -0.897. The molecule has 3 rings (SSSR count). The Labute approximate surface area is 176 Å². The number of benzene rings is 2. The quantitative estimate of drug-likeness (QED) is 0.675. The third-order valence-corrected chi connectivity index (χ3v) is 5.72. The molecule has 0 bridgehead atoms. The Balaban J connectivity index is 1.45. The van der Waals surface area contributed by atoms with Crippen LogP contribution in [0.4, 0.5) is 5.69 Å². The van der Waals surface area contributed by atoms with Crippen LogP contribution in [0.3, 0.4) is 0 Å². The van der Waals surface area contributed by atoms with Crippen molar-refractivity contribution in [1.82, 2.24) is 5.32 Å². The van der Waals surface area contributed by atoms with E-state index >= 15 is 0 Å². The first-order valence-electron chi connectivity index (χ1n) is 9.79. The van der Waals surface area contributed by atoms with Gasteiger partial charge in [0.25, 0.3) is 11.8 Å². The van der Waals surface area contributed by atoms with E-state index in [-0.39, 0.29) is 17.9 Å². The zero-order valence-corrected chi connectivity index (χ0v) is 17.5. The van der Waals surface area contributed by atoms with Crippen molar-refractivity contribution >= 4 is 29.1 Å². The fraction of sp³-hybridized carbons (Fsp3) is 0.364. The van der Waals surface area contributed by atoms with E-state index in [0.29, 0.717) is 22.9 Å². The molecule has 154 valence electrons. The Kier molecular flexibility index (Phi) is 7.12. The molecule has 6 nitrogen and oxygen atoms in total. The number of quaternary nitrogens is 1. The van der Waals surface area contributed by atoms with E-state index in [1.807, 2.05) is 31.2 Å². The Morgan fingerprint density at radius 3 is 2.62 bits per heavy atom. The maximum absolute atomic E-state index is 12.5. The van der Waals surface area contributed by atoms with Crippen molar-refractivity contribution in [2.75, 3.05) is 32.1 Å². The van der Waals surface area contributed by atoms with Crippen LogP contribution in [-0.2, 0) is 4.79 Å². The molecule has 1 heterocycles. The Morgan fingerprint density at radius 2 is 1.90 bits per heavy atom. The van der Waals surface area contributed by atoms with Gasteiger partial charge in [-0.15, -0.1) is 0 Å². The Hall–Kier alpha value is -2.57. The number of anilines is 1. The van der Waals surface area contributed by atoms with Gasteiger partial charge in [-0.1, -0.05) is 23.7 Å². The van der Waals surface area contributed by atoms with Crippen LogP contribution in [0.5, 0.6) is 5.75 Å². The van der Waals surface area contributed by atoms with Gasteiger partial charge in [-0.2, -0.15) is 0 Å². The predicted octanol–water partition coefficient (Wildman–Crippen LogP) is 2.07. The number of methoxy groups -OCH3 is 1. The molecule has 0 radical (unpaired) electrons. The van der Waals surface area contributed by atoms with E-state index in [4.69, 9.17) is 16.3 Å². The average Bonchev–Trinajstić information content (AvgIpc) is 2.73. The number of amides is 2. The topological polar surface area (TPSA) is 71.9 Å². The Morgan fingerprint density at radius 1 is 1.17 bits per heavy atom. The van der Waals surface area contributed by atoms with Crippen LogP contribution in [0.25, 0.3) is 0 Å². The minimum absolute atomic E-state index is 0.0239. The van der Waals surface area contributed by atoms with Gasteiger partial charge in [0, 0.05) is 35.2 Å². The van der Waals surface area contributed by atoms with Crippen LogP contribution in [0.1, 0.15) is 28.8 Å². The largest absolute Gasteiger partial charge is 0.497 e. The summed E-state index contributed by atoms with van der Waals surface area (Å²) < 4.78 is 5.17. The number of piperidine rings is 1. The van der Waals surface area contributed by atoms with E-state index in [0.717, 1.165) is 37.2 Å². The van der Waals surface area contributed by atoms with Crippen LogP contribution in [0, 0.1) is 6.92 Å². The lowest BCUT2D eigenvalue weighted by Crippen LogP contribution is -3.14. The van der Waals surface area contributed by atoms with E-state index in [9.17, 15) is 9.59 Å². The van der Waals surface area contributed by atoms with Crippen LogP contribution in [0.15, 0.2) is 42.5 Å². The lowest BCUT2D eigenvalue weighted by atomic mass is 10.0. The van der Waals surface area contributed by atoms with Crippen LogP contribution in [-0.4, -0.2) is 44.6 Å². The number of hydrogen-bond donors (Lipinski definition) is 3. The van der Waals surface area contributed by atoms with Crippen molar-refractivity contribution in [3.8, 4) is 5.75 Å². The molecule has 0 aromatic heterocycles. The van der Waals surface area contributed by atoms with Crippen molar-refractivity contribution in [3.05, 3.63) is 58.6 Å². The number of carbonyl (C=O) groups excluding carboxylic acids is 2. The third-order valence-electron chi connectivity index (χ3n) is 5.31. The first-order valence-corrected chi connectivity index (χ1v) is 10.2. The zero-order chi connectivity index (χ0) is 20.8. The van der Waals surface area contributed by atoms with Gasteiger partial charge in [0.15, 0.2) is 6.54 Å². The van der Waals surface area contributed by atoms with Crippen LogP contribution >= 0.6 is 11.6 Å². The van der Waals surface area contributed by atoms with Gasteiger partial charge in [0.1, 0.15) is 5.75 Å². The first-order chi connectivity index (χ1) is 14.0. The van der Waals surface area contributed by atoms with Crippen LogP contribution in [0.2, 0.25) is 5.02 Å². The van der Waals surface area contributed by atoms with Crippen molar-refractivity contribution in [3.63, 3.8) is 0 Å². The number of rotatable bonds is 6. The van der Waals surface area contributed by atoms with Gasteiger partial charge < -0.3 is 20.3 Å². The van der Waals surface area contributed by atoms with E-state index < -0.39 is 0 Å². The highest BCUT2D eigenvalue weighted by atomic mass is 35.5. The monoisotopic (exact) mass is 416 g/mol. The van der Waals surface area contributed by atoms with Gasteiger partial charge in [-0.25, -0.2) is 0 Å². The van der Waals surface area contributed by atoms with E-state index in [1.54, 1.807) is 25.3 Å². The molecule has 3 N–H and O–H groups in total. The molecule has 0 spiro atoms. The number of likely N-dealkylation sites (tertiary alicyclic amines) is 1. The second kappa shape index (κ2) is 9.76. The van der Waals surface area contributed by atoms with Crippen molar-refractivity contribution in [1.29, 1.82) is 0 Å². The lowest BCUT2D eigenvalue weighted by Gasteiger charge is -2.29. The second-order valence-corrected chi connectivity index (χ2v) is 7.77. The Bertz CT molecular complexity index is 879.